The van der Waals surface area contributed by atoms with Crippen molar-refractivity contribution in [3.05, 3.63) is 36.0 Å². The van der Waals surface area contributed by atoms with Gasteiger partial charge in [-0.1, -0.05) is 18.2 Å². The van der Waals surface area contributed by atoms with Crippen molar-refractivity contribution < 1.29 is 0 Å². The molecule has 2 rings (SSSR count). The van der Waals surface area contributed by atoms with Gasteiger partial charge in [-0.3, -0.25) is 4.98 Å². The van der Waals surface area contributed by atoms with E-state index >= 15 is 0 Å². The average molecular weight is 173 g/mol. The van der Waals surface area contributed by atoms with Crippen LogP contribution in [0.15, 0.2) is 30.5 Å². The molecule has 0 bridgehead atoms. The molecule has 1 heterocycles. The van der Waals surface area contributed by atoms with Gasteiger partial charge in [0.25, 0.3) is 0 Å². The Hall–Kier alpha value is -1.61. The molecule has 66 valence electrons. The van der Waals surface area contributed by atoms with E-state index < -0.39 is 0 Å². The fourth-order valence-electron chi connectivity index (χ4n) is 1.41. The van der Waals surface area contributed by atoms with Crippen LogP contribution in [-0.4, -0.2) is 4.98 Å². The van der Waals surface area contributed by atoms with E-state index in [4.69, 9.17) is 11.5 Å². The molecule has 0 atom stereocenters. The summed E-state index contributed by atoms with van der Waals surface area (Å²) in [5, 5.41) is 1.04. The zero-order chi connectivity index (χ0) is 9.26. The number of nitrogen functional groups attached to an aromatic ring is 1. The van der Waals surface area contributed by atoms with Crippen LogP contribution in [0.2, 0.25) is 0 Å². The van der Waals surface area contributed by atoms with Crippen LogP contribution in [-0.2, 0) is 6.54 Å². The molecule has 1 aromatic carbocycles. The topological polar surface area (TPSA) is 64.9 Å². The molecule has 0 aliphatic heterocycles. The van der Waals surface area contributed by atoms with Gasteiger partial charge < -0.3 is 11.5 Å². The lowest BCUT2D eigenvalue weighted by Gasteiger charge is -2.03. The minimum Gasteiger partial charge on any atom is -0.397 e. The normalized spacial score (nSPS) is 10.5. The summed E-state index contributed by atoms with van der Waals surface area (Å²) >= 11 is 0. The molecular formula is C10H11N3. The van der Waals surface area contributed by atoms with Crippen LogP contribution < -0.4 is 11.5 Å². The first-order valence-electron chi connectivity index (χ1n) is 4.14. The van der Waals surface area contributed by atoms with E-state index in [2.05, 4.69) is 4.98 Å². The van der Waals surface area contributed by atoms with Crippen molar-refractivity contribution in [1.82, 2.24) is 4.98 Å². The molecule has 0 unspecified atom stereocenters. The largest absolute Gasteiger partial charge is 0.397 e. The van der Waals surface area contributed by atoms with Crippen molar-refractivity contribution >= 4 is 16.6 Å². The summed E-state index contributed by atoms with van der Waals surface area (Å²) in [5.41, 5.74) is 13.9. The molecule has 3 heteroatoms. The van der Waals surface area contributed by atoms with Crippen molar-refractivity contribution in [3.63, 3.8) is 0 Å². The molecule has 3 nitrogen and oxygen atoms in total. The van der Waals surface area contributed by atoms with Gasteiger partial charge in [-0.05, 0) is 11.6 Å². The molecule has 0 aliphatic rings. The second-order valence-corrected chi connectivity index (χ2v) is 2.96. The van der Waals surface area contributed by atoms with Crippen LogP contribution in [0.1, 0.15) is 5.56 Å². The molecule has 0 aliphatic carbocycles. The van der Waals surface area contributed by atoms with Gasteiger partial charge in [-0.15, -0.1) is 0 Å². The lowest BCUT2D eigenvalue weighted by Crippen LogP contribution is -1.98. The lowest BCUT2D eigenvalue weighted by molar-refractivity contribution is 1.08. The lowest BCUT2D eigenvalue weighted by atomic mass is 10.1. The number of pyridine rings is 1. The molecule has 0 amide bonds. The van der Waals surface area contributed by atoms with Gasteiger partial charge in [-0.25, -0.2) is 0 Å². The Balaban J connectivity index is 2.77. The predicted molar refractivity (Wildman–Crippen MR) is 54.0 cm³/mol. The maximum atomic E-state index is 5.62. The summed E-state index contributed by atoms with van der Waals surface area (Å²) in [6, 6.07) is 7.83. The van der Waals surface area contributed by atoms with Crippen LogP contribution in [0.3, 0.4) is 0 Å². The van der Waals surface area contributed by atoms with Gasteiger partial charge >= 0.3 is 0 Å². The third-order valence-corrected chi connectivity index (χ3v) is 2.04. The monoisotopic (exact) mass is 173 g/mol. The quantitative estimate of drug-likeness (QED) is 0.682. The van der Waals surface area contributed by atoms with Crippen molar-refractivity contribution in [2.75, 3.05) is 5.73 Å². The van der Waals surface area contributed by atoms with Gasteiger partial charge in [0, 0.05) is 11.9 Å². The summed E-state index contributed by atoms with van der Waals surface area (Å²) < 4.78 is 0. The summed E-state index contributed by atoms with van der Waals surface area (Å²) in [5.74, 6) is 0. The first-order valence-corrected chi connectivity index (χ1v) is 4.14. The number of anilines is 1. The first-order chi connectivity index (χ1) is 6.31. The molecule has 13 heavy (non-hydrogen) atoms. The van der Waals surface area contributed by atoms with Crippen molar-refractivity contribution in [3.8, 4) is 0 Å². The fourth-order valence-corrected chi connectivity index (χ4v) is 1.41. The maximum Gasteiger partial charge on any atom is 0.0748 e. The molecule has 0 spiro atoms. The first kappa shape index (κ1) is 8.01. The van der Waals surface area contributed by atoms with E-state index in [1.54, 1.807) is 6.20 Å². The van der Waals surface area contributed by atoms with Crippen LogP contribution >= 0.6 is 0 Å². The highest BCUT2D eigenvalue weighted by Gasteiger charge is 1.99. The highest BCUT2D eigenvalue weighted by atomic mass is 14.7. The third-order valence-electron chi connectivity index (χ3n) is 2.04. The van der Waals surface area contributed by atoms with Gasteiger partial charge in [0.05, 0.1) is 17.4 Å². The van der Waals surface area contributed by atoms with Gasteiger partial charge in [-0.2, -0.15) is 0 Å². The Kier molecular flexibility index (Phi) is 1.87. The van der Waals surface area contributed by atoms with Gasteiger partial charge in [0.2, 0.25) is 0 Å². The zero-order valence-corrected chi connectivity index (χ0v) is 7.20. The average Bonchev–Trinajstić information content (AvgIpc) is 2.16. The Bertz CT molecular complexity index is 437. The highest BCUT2D eigenvalue weighted by molar-refractivity contribution is 5.83. The van der Waals surface area contributed by atoms with Gasteiger partial charge in [0.1, 0.15) is 0 Å². The zero-order valence-electron chi connectivity index (χ0n) is 7.20. The Morgan fingerprint density at radius 2 is 2.15 bits per heavy atom. The Morgan fingerprint density at radius 3 is 2.92 bits per heavy atom. The number of nitrogens with zero attached hydrogens (tertiary/aromatic N) is 1. The number of rotatable bonds is 1. The summed E-state index contributed by atoms with van der Waals surface area (Å²) in [4.78, 5) is 4.25. The maximum absolute atomic E-state index is 5.62. The minimum absolute atomic E-state index is 0.508. The highest BCUT2D eigenvalue weighted by Crippen LogP contribution is 2.17. The second-order valence-electron chi connectivity index (χ2n) is 2.96. The van der Waals surface area contributed by atoms with E-state index in [0.717, 1.165) is 16.5 Å². The number of para-hydroxylation sites is 1. The summed E-state index contributed by atoms with van der Waals surface area (Å²) in [6.07, 6.45) is 1.65. The number of benzene rings is 1. The fraction of sp³-hybridized carbons (Fsp3) is 0.100. The number of hydrogen-bond acceptors (Lipinski definition) is 3. The number of aromatic nitrogens is 1. The number of nitrogens with two attached hydrogens (primary N) is 2. The van der Waals surface area contributed by atoms with Crippen LogP contribution in [0.5, 0.6) is 0 Å². The number of hydrogen-bond donors (Lipinski definition) is 2. The van der Waals surface area contributed by atoms with E-state index in [-0.39, 0.29) is 0 Å². The van der Waals surface area contributed by atoms with Crippen molar-refractivity contribution in [2.24, 2.45) is 5.73 Å². The van der Waals surface area contributed by atoms with Crippen molar-refractivity contribution in [2.45, 2.75) is 6.54 Å². The second kappa shape index (κ2) is 3.03. The summed E-state index contributed by atoms with van der Waals surface area (Å²) in [7, 11) is 0. The molecule has 0 radical (unpaired) electrons. The molecule has 0 saturated carbocycles. The van der Waals surface area contributed by atoms with Crippen molar-refractivity contribution in [1.29, 1.82) is 0 Å². The standard InChI is InChI=1S/C10H11N3/c11-5-8-3-1-2-7-4-9(12)6-13-10(7)8/h1-4,6H,5,11-12H2. The van der Waals surface area contributed by atoms with E-state index in [9.17, 15) is 0 Å². The van der Waals surface area contributed by atoms with E-state index in [1.165, 1.54) is 0 Å². The minimum atomic E-state index is 0.508. The number of fused-ring (bicyclic) bond motifs is 1. The smallest absolute Gasteiger partial charge is 0.0748 e. The summed E-state index contributed by atoms with van der Waals surface area (Å²) in [6.45, 7) is 0.508. The molecule has 0 fully saturated rings. The van der Waals surface area contributed by atoms with Gasteiger partial charge in [0.15, 0.2) is 0 Å². The Morgan fingerprint density at radius 1 is 1.31 bits per heavy atom. The molecule has 4 N–H and O–H groups in total. The Labute approximate surface area is 76.4 Å². The molecule has 1 aromatic heterocycles. The molecule has 2 aromatic rings. The third kappa shape index (κ3) is 1.34. The predicted octanol–water partition coefficient (Wildman–Crippen LogP) is 1.28. The van der Waals surface area contributed by atoms with Crippen LogP contribution in [0, 0.1) is 0 Å². The molecular weight excluding hydrogens is 162 g/mol. The molecule has 0 saturated heterocycles. The van der Waals surface area contributed by atoms with Crippen LogP contribution in [0.25, 0.3) is 10.9 Å². The van der Waals surface area contributed by atoms with E-state index in [1.807, 2.05) is 24.3 Å². The SMILES string of the molecule is NCc1cccc2cc(N)cnc12. The van der Waals surface area contributed by atoms with Crippen LogP contribution in [0.4, 0.5) is 5.69 Å². The van der Waals surface area contributed by atoms with E-state index in [0.29, 0.717) is 12.2 Å².